The topological polar surface area (TPSA) is 46.5 Å². The molecule has 1 fully saturated rings. The maximum Gasteiger partial charge on any atom is 0.308 e. The highest BCUT2D eigenvalue weighted by atomic mass is 16.6. The first-order valence-corrected chi connectivity index (χ1v) is 5.61. The molecule has 0 aromatic rings. The first kappa shape index (κ1) is 11.5. The van der Waals surface area contributed by atoms with Gasteiger partial charge in [-0.2, -0.15) is 0 Å². The Bertz CT molecular complexity index is 179. The summed E-state index contributed by atoms with van der Waals surface area (Å²) in [5.74, 6) is -0.254. The Morgan fingerprint density at radius 2 is 2.07 bits per heavy atom. The number of hydrogen-bond donors (Lipinski definition) is 1. The van der Waals surface area contributed by atoms with Gasteiger partial charge in [0.05, 0.1) is 6.42 Å². The summed E-state index contributed by atoms with van der Waals surface area (Å²) in [7, 11) is 0. The van der Waals surface area contributed by atoms with E-state index >= 15 is 0 Å². The molecule has 0 radical (unpaired) electrons. The number of aliphatic hydroxyl groups excluding tert-OH is 1. The van der Waals surface area contributed by atoms with E-state index in [2.05, 4.69) is 6.92 Å². The van der Waals surface area contributed by atoms with E-state index in [1.54, 1.807) is 0 Å². The molecule has 3 heteroatoms. The summed E-state index contributed by atoms with van der Waals surface area (Å²) < 4.78 is 4.99. The summed E-state index contributed by atoms with van der Waals surface area (Å²) in [6.45, 7) is 2.18. The zero-order valence-corrected chi connectivity index (χ0v) is 8.87. The van der Waals surface area contributed by atoms with Crippen molar-refractivity contribution >= 4 is 5.97 Å². The van der Waals surface area contributed by atoms with E-state index in [9.17, 15) is 9.90 Å². The van der Waals surface area contributed by atoms with Crippen LogP contribution in [0.2, 0.25) is 0 Å². The van der Waals surface area contributed by atoms with Crippen LogP contribution in [0.1, 0.15) is 51.9 Å². The zero-order valence-electron chi connectivity index (χ0n) is 8.87. The third-order valence-electron chi connectivity index (χ3n) is 2.68. The van der Waals surface area contributed by atoms with Gasteiger partial charge < -0.3 is 9.84 Å². The number of ether oxygens (including phenoxy) is 1. The minimum absolute atomic E-state index is 0.180. The van der Waals surface area contributed by atoms with E-state index in [1.807, 2.05) is 0 Å². The van der Waals surface area contributed by atoms with E-state index in [0.29, 0.717) is 0 Å². The summed E-state index contributed by atoms with van der Waals surface area (Å²) >= 11 is 0. The number of carbonyl (C=O) groups excluding carboxylic acids is 1. The molecule has 0 spiro atoms. The van der Waals surface area contributed by atoms with Crippen LogP contribution in [-0.2, 0) is 9.53 Å². The van der Waals surface area contributed by atoms with E-state index in [-0.39, 0.29) is 18.5 Å². The molecule has 2 atom stereocenters. The van der Waals surface area contributed by atoms with Crippen LogP contribution in [0.15, 0.2) is 0 Å². The molecule has 0 aromatic heterocycles. The van der Waals surface area contributed by atoms with Crippen molar-refractivity contribution < 1.29 is 14.6 Å². The molecule has 1 aliphatic heterocycles. The smallest absolute Gasteiger partial charge is 0.308 e. The van der Waals surface area contributed by atoms with Crippen LogP contribution in [-0.4, -0.2) is 23.3 Å². The average molecular weight is 200 g/mol. The van der Waals surface area contributed by atoms with Crippen LogP contribution in [0, 0.1) is 0 Å². The van der Waals surface area contributed by atoms with Gasteiger partial charge in [-0.15, -0.1) is 0 Å². The summed E-state index contributed by atoms with van der Waals surface area (Å²) in [6, 6.07) is 0. The van der Waals surface area contributed by atoms with Crippen LogP contribution in [0.3, 0.4) is 0 Å². The van der Waals surface area contributed by atoms with Gasteiger partial charge in [-0.25, -0.2) is 0 Å². The fraction of sp³-hybridized carbons (Fsp3) is 0.909. The molecule has 3 nitrogen and oxygen atoms in total. The number of unbranched alkanes of at least 4 members (excludes halogenated alkanes) is 4. The quantitative estimate of drug-likeness (QED) is 0.527. The molecular weight excluding hydrogens is 180 g/mol. The van der Waals surface area contributed by atoms with Crippen molar-refractivity contribution in [2.75, 3.05) is 0 Å². The third-order valence-corrected chi connectivity index (χ3v) is 2.68. The fourth-order valence-corrected chi connectivity index (χ4v) is 1.80. The number of esters is 1. The molecule has 1 rings (SSSR count). The largest absolute Gasteiger partial charge is 0.460 e. The van der Waals surface area contributed by atoms with Crippen molar-refractivity contribution in [1.82, 2.24) is 0 Å². The number of aliphatic hydroxyl groups is 1. The Hall–Kier alpha value is -0.570. The molecule has 0 unspecified atom stereocenters. The van der Waals surface area contributed by atoms with Gasteiger partial charge in [0.2, 0.25) is 0 Å². The minimum atomic E-state index is -0.561. The van der Waals surface area contributed by atoms with Gasteiger partial charge in [0, 0.05) is 0 Å². The third kappa shape index (κ3) is 3.66. The van der Waals surface area contributed by atoms with Crippen LogP contribution < -0.4 is 0 Å². The summed E-state index contributed by atoms with van der Waals surface area (Å²) in [5.41, 5.74) is 0. The highest BCUT2D eigenvalue weighted by Crippen LogP contribution is 2.20. The second-order valence-corrected chi connectivity index (χ2v) is 4.00. The summed E-state index contributed by atoms with van der Waals surface area (Å²) in [6.07, 6.45) is 6.18. The molecule has 1 aliphatic rings. The lowest BCUT2D eigenvalue weighted by molar-refractivity contribution is -0.142. The molecule has 0 aromatic carbocycles. The normalized spacial score (nSPS) is 26.6. The zero-order chi connectivity index (χ0) is 10.4. The monoisotopic (exact) mass is 200 g/mol. The highest BCUT2D eigenvalue weighted by molar-refractivity contribution is 5.72. The summed E-state index contributed by atoms with van der Waals surface area (Å²) in [4.78, 5) is 10.8. The van der Waals surface area contributed by atoms with Gasteiger partial charge in [-0.3, -0.25) is 4.79 Å². The molecule has 1 heterocycles. The van der Waals surface area contributed by atoms with Gasteiger partial charge in [0.25, 0.3) is 0 Å². The average Bonchev–Trinajstić information content (AvgIpc) is 2.45. The molecule has 1 saturated heterocycles. The van der Waals surface area contributed by atoms with Crippen molar-refractivity contribution in [2.45, 2.75) is 64.1 Å². The molecule has 0 bridgehead atoms. The van der Waals surface area contributed by atoms with Crippen LogP contribution >= 0.6 is 0 Å². The predicted octanol–water partition coefficient (Wildman–Crippen LogP) is 2.02. The van der Waals surface area contributed by atoms with Gasteiger partial charge in [-0.05, 0) is 12.8 Å². The molecule has 82 valence electrons. The van der Waals surface area contributed by atoms with Crippen LogP contribution in [0.25, 0.3) is 0 Å². The lowest BCUT2D eigenvalue weighted by atomic mass is 10.0. The van der Waals surface area contributed by atoms with Gasteiger partial charge >= 0.3 is 5.97 Å². The first-order valence-electron chi connectivity index (χ1n) is 5.61. The van der Waals surface area contributed by atoms with E-state index < -0.39 is 6.10 Å². The van der Waals surface area contributed by atoms with Gasteiger partial charge in [0.1, 0.15) is 12.2 Å². The molecule has 0 saturated carbocycles. The second kappa shape index (κ2) is 6.02. The molecule has 0 amide bonds. The number of rotatable bonds is 6. The lowest BCUT2D eigenvalue weighted by Gasteiger charge is -2.12. The van der Waals surface area contributed by atoms with Crippen molar-refractivity contribution in [3.63, 3.8) is 0 Å². The Balaban J connectivity index is 2.04. The van der Waals surface area contributed by atoms with Crippen molar-refractivity contribution in [1.29, 1.82) is 0 Å². The number of carbonyl (C=O) groups is 1. The lowest BCUT2D eigenvalue weighted by Crippen LogP contribution is -2.20. The van der Waals surface area contributed by atoms with Crippen LogP contribution in [0.4, 0.5) is 0 Å². The second-order valence-electron chi connectivity index (χ2n) is 4.00. The van der Waals surface area contributed by atoms with Crippen molar-refractivity contribution in [3.05, 3.63) is 0 Å². The molecular formula is C11H20O3. The Kier molecular flexibility index (Phi) is 4.94. The first-order chi connectivity index (χ1) is 6.74. The Labute approximate surface area is 85.5 Å². The van der Waals surface area contributed by atoms with Gasteiger partial charge in [-0.1, -0.05) is 32.6 Å². The molecule has 1 N–H and O–H groups in total. The molecule has 14 heavy (non-hydrogen) atoms. The standard InChI is InChI=1S/C11H20O3/c1-2-3-4-5-6-7-10-9(12)8-11(13)14-10/h9-10,12H,2-8H2,1H3/t9-,10+/m0/s1. The van der Waals surface area contributed by atoms with Gasteiger partial charge in [0.15, 0.2) is 0 Å². The maximum absolute atomic E-state index is 10.8. The number of cyclic esters (lactones) is 1. The van der Waals surface area contributed by atoms with E-state index in [1.165, 1.54) is 25.7 Å². The number of hydrogen-bond acceptors (Lipinski definition) is 3. The van der Waals surface area contributed by atoms with E-state index in [0.717, 1.165) is 12.8 Å². The maximum atomic E-state index is 10.8. The van der Waals surface area contributed by atoms with E-state index in [4.69, 9.17) is 4.74 Å². The SMILES string of the molecule is CCCCCCC[C@H]1OC(=O)C[C@@H]1O. The summed E-state index contributed by atoms with van der Waals surface area (Å²) in [5, 5.41) is 9.42. The Morgan fingerprint density at radius 1 is 1.36 bits per heavy atom. The Morgan fingerprint density at radius 3 is 2.64 bits per heavy atom. The molecule has 0 aliphatic carbocycles. The minimum Gasteiger partial charge on any atom is -0.460 e. The van der Waals surface area contributed by atoms with Crippen molar-refractivity contribution in [3.8, 4) is 0 Å². The predicted molar refractivity (Wildman–Crippen MR) is 53.9 cm³/mol. The van der Waals surface area contributed by atoms with Crippen molar-refractivity contribution in [2.24, 2.45) is 0 Å². The van der Waals surface area contributed by atoms with Crippen LogP contribution in [0.5, 0.6) is 0 Å². The fourth-order valence-electron chi connectivity index (χ4n) is 1.80. The highest BCUT2D eigenvalue weighted by Gasteiger charge is 2.32.